The lowest BCUT2D eigenvalue weighted by Gasteiger charge is -2.19. The topological polar surface area (TPSA) is 76.7 Å². The van der Waals surface area contributed by atoms with Crippen LogP contribution in [0.1, 0.15) is 22.3 Å². The summed E-state index contributed by atoms with van der Waals surface area (Å²) in [5.74, 6) is 1.57. The number of rotatable bonds is 11. The van der Waals surface area contributed by atoms with Crippen LogP contribution in [0.4, 0.5) is 0 Å². The van der Waals surface area contributed by atoms with Crippen LogP contribution < -0.4 is 20.1 Å². The van der Waals surface area contributed by atoms with E-state index in [1.807, 2.05) is 24.5 Å². The van der Waals surface area contributed by atoms with Crippen molar-refractivity contribution in [3.8, 4) is 11.5 Å². The molecule has 0 saturated heterocycles. The summed E-state index contributed by atoms with van der Waals surface area (Å²) in [6.07, 6.45) is 3.07. The zero-order chi connectivity index (χ0) is 21.9. The van der Waals surface area contributed by atoms with Gasteiger partial charge in [0, 0.05) is 12.6 Å². The van der Waals surface area contributed by atoms with Crippen LogP contribution in [0.5, 0.6) is 11.5 Å². The number of amides is 2. The summed E-state index contributed by atoms with van der Waals surface area (Å²) in [6.45, 7) is 0.416. The van der Waals surface area contributed by atoms with E-state index in [2.05, 4.69) is 10.6 Å². The summed E-state index contributed by atoms with van der Waals surface area (Å²) in [4.78, 5) is 25.3. The molecule has 2 N–H and O–H groups in total. The molecule has 0 heterocycles. The van der Waals surface area contributed by atoms with E-state index < -0.39 is 6.04 Å². The normalized spacial score (nSPS) is 11.5. The van der Waals surface area contributed by atoms with Crippen LogP contribution in [0.15, 0.2) is 42.5 Å². The molecule has 0 aliphatic rings. The fourth-order valence-corrected chi connectivity index (χ4v) is 3.58. The molecule has 0 bridgehead atoms. The Morgan fingerprint density at radius 3 is 2.57 bits per heavy atom. The quantitative estimate of drug-likeness (QED) is 0.547. The Balaban J connectivity index is 1.98. The molecule has 2 aromatic carbocycles. The molecule has 1 atom stereocenters. The first-order valence-electron chi connectivity index (χ1n) is 9.53. The first-order valence-corrected chi connectivity index (χ1v) is 11.3. The van der Waals surface area contributed by atoms with Gasteiger partial charge >= 0.3 is 0 Å². The van der Waals surface area contributed by atoms with Crippen molar-refractivity contribution < 1.29 is 19.1 Å². The zero-order valence-electron chi connectivity index (χ0n) is 17.4. The highest BCUT2D eigenvalue weighted by Gasteiger charge is 2.22. The molecule has 2 aromatic rings. The second kappa shape index (κ2) is 12.3. The minimum atomic E-state index is -0.640. The molecule has 6 nitrogen and oxygen atoms in total. The van der Waals surface area contributed by atoms with Gasteiger partial charge in [0.15, 0.2) is 0 Å². The summed E-state index contributed by atoms with van der Waals surface area (Å²) >= 11 is 7.72. The van der Waals surface area contributed by atoms with Gasteiger partial charge in [0.2, 0.25) is 5.91 Å². The van der Waals surface area contributed by atoms with Gasteiger partial charge < -0.3 is 20.1 Å². The number of carbonyl (C=O) groups excluding carboxylic acids is 2. The number of nitrogens with one attached hydrogen (secondary N) is 2. The van der Waals surface area contributed by atoms with Crippen LogP contribution in [0.3, 0.4) is 0 Å². The number of methoxy groups -OCH3 is 2. The zero-order valence-corrected chi connectivity index (χ0v) is 18.9. The van der Waals surface area contributed by atoms with Crippen molar-refractivity contribution >= 4 is 35.2 Å². The van der Waals surface area contributed by atoms with E-state index in [1.165, 1.54) is 0 Å². The van der Waals surface area contributed by atoms with E-state index in [0.29, 0.717) is 41.5 Å². The summed E-state index contributed by atoms with van der Waals surface area (Å²) in [7, 11) is 3.19. The van der Waals surface area contributed by atoms with E-state index in [1.54, 1.807) is 50.2 Å². The molecule has 0 spiro atoms. The average molecular weight is 451 g/mol. The SMILES string of the molecule is COc1ccc(CCNC(=O)C(CCSC)NC(=O)c2ccccc2Cl)c(OC)c1. The second-order valence-corrected chi connectivity index (χ2v) is 7.90. The maximum absolute atomic E-state index is 12.7. The van der Waals surface area contributed by atoms with Crippen molar-refractivity contribution in [3.63, 3.8) is 0 Å². The predicted molar refractivity (Wildman–Crippen MR) is 122 cm³/mol. The number of ether oxygens (including phenoxy) is 2. The van der Waals surface area contributed by atoms with Gasteiger partial charge in [0.05, 0.1) is 24.8 Å². The molecule has 162 valence electrons. The monoisotopic (exact) mass is 450 g/mol. The Morgan fingerprint density at radius 1 is 1.13 bits per heavy atom. The van der Waals surface area contributed by atoms with Gasteiger partial charge in [-0.15, -0.1) is 0 Å². The van der Waals surface area contributed by atoms with Gasteiger partial charge in [-0.2, -0.15) is 11.8 Å². The fourth-order valence-electron chi connectivity index (χ4n) is 2.89. The second-order valence-electron chi connectivity index (χ2n) is 6.51. The summed E-state index contributed by atoms with van der Waals surface area (Å²) in [5.41, 5.74) is 1.31. The van der Waals surface area contributed by atoms with Crippen molar-refractivity contribution in [3.05, 3.63) is 58.6 Å². The molecule has 30 heavy (non-hydrogen) atoms. The van der Waals surface area contributed by atoms with Crippen LogP contribution in [0.2, 0.25) is 5.02 Å². The van der Waals surface area contributed by atoms with Crippen LogP contribution in [0, 0.1) is 0 Å². The third-order valence-electron chi connectivity index (χ3n) is 4.54. The molecule has 8 heteroatoms. The predicted octanol–water partition coefficient (Wildman–Crippen LogP) is 3.57. The summed E-state index contributed by atoms with van der Waals surface area (Å²) < 4.78 is 10.6. The van der Waals surface area contributed by atoms with Crippen LogP contribution in [-0.4, -0.2) is 50.6 Å². The lowest BCUT2D eigenvalue weighted by atomic mass is 10.1. The minimum absolute atomic E-state index is 0.225. The number of hydrogen-bond donors (Lipinski definition) is 2. The third kappa shape index (κ3) is 6.85. The van der Waals surface area contributed by atoms with E-state index >= 15 is 0 Å². The molecule has 0 aliphatic carbocycles. The Labute approximate surface area is 186 Å². The summed E-state index contributed by atoms with van der Waals surface area (Å²) in [5, 5.41) is 6.07. The molecule has 0 radical (unpaired) electrons. The fraction of sp³-hybridized carbons (Fsp3) is 0.364. The van der Waals surface area contributed by atoms with Crippen molar-refractivity contribution in [2.45, 2.75) is 18.9 Å². The smallest absolute Gasteiger partial charge is 0.253 e. The van der Waals surface area contributed by atoms with Crippen LogP contribution >= 0.6 is 23.4 Å². The summed E-state index contributed by atoms with van der Waals surface area (Å²) in [6, 6.07) is 11.7. The standard InChI is InChI=1S/C22H27ClN2O4S/c1-28-16-9-8-15(20(14-16)29-2)10-12-24-22(27)19(11-13-30-3)25-21(26)17-6-4-5-7-18(17)23/h4-9,14,19H,10-13H2,1-3H3,(H,24,27)(H,25,26). The number of halogens is 1. The van der Waals surface area contributed by atoms with Crippen molar-refractivity contribution in [2.24, 2.45) is 0 Å². The molecule has 1 unspecified atom stereocenters. The third-order valence-corrected chi connectivity index (χ3v) is 5.51. The van der Waals surface area contributed by atoms with Gasteiger partial charge in [-0.25, -0.2) is 0 Å². The largest absolute Gasteiger partial charge is 0.497 e. The maximum Gasteiger partial charge on any atom is 0.253 e. The molecule has 0 aromatic heterocycles. The van der Waals surface area contributed by atoms with E-state index in [0.717, 1.165) is 11.3 Å². The van der Waals surface area contributed by atoms with E-state index in [9.17, 15) is 9.59 Å². The van der Waals surface area contributed by atoms with E-state index in [-0.39, 0.29) is 11.8 Å². The minimum Gasteiger partial charge on any atom is -0.497 e. The lowest BCUT2D eigenvalue weighted by Crippen LogP contribution is -2.47. The molecule has 0 saturated carbocycles. The van der Waals surface area contributed by atoms with Gasteiger partial charge in [0.25, 0.3) is 5.91 Å². The highest BCUT2D eigenvalue weighted by atomic mass is 35.5. The van der Waals surface area contributed by atoms with Gasteiger partial charge in [-0.05, 0) is 48.6 Å². The van der Waals surface area contributed by atoms with Crippen molar-refractivity contribution in [2.75, 3.05) is 32.8 Å². The lowest BCUT2D eigenvalue weighted by molar-refractivity contribution is -0.122. The first kappa shape index (κ1) is 23.9. The molecule has 0 fully saturated rings. The molecule has 2 rings (SSSR count). The highest BCUT2D eigenvalue weighted by Crippen LogP contribution is 2.24. The Kier molecular flexibility index (Phi) is 9.83. The number of thioether (sulfide) groups is 1. The highest BCUT2D eigenvalue weighted by molar-refractivity contribution is 7.98. The number of benzene rings is 2. The van der Waals surface area contributed by atoms with Crippen LogP contribution in [0.25, 0.3) is 0 Å². The van der Waals surface area contributed by atoms with Crippen LogP contribution in [-0.2, 0) is 11.2 Å². The maximum atomic E-state index is 12.7. The Morgan fingerprint density at radius 2 is 1.90 bits per heavy atom. The first-order chi connectivity index (χ1) is 14.5. The van der Waals surface area contributed by atoms with Crippen molar-refractivity contribution in [1.82, 2.24) is 10.6 Å². The van der Waals surface area contributed by atoms with Gasteiger partial charge in [-0.3, -0.25) is 9.59 Å². The molecule has 0 aliphatic heterocycles. The van der Waals surface area contributed by atoms with Crippen molar-refractivity contribution in [1.29, 1.82) is 0 Å². The number of hydrogen-bond acceptors (Lipinski definition) is 5. The Hall–Kier alpha value is -2.38. The average Bonchev–Trinajstić information content (AvgIpc) is 2.76. The molecular weight excluding hydrogens is 424 g/mol. The molecule has 2 amide bonds. The van der Waals surface area contributed by atoms with Gasteiger partial charge in [-0.1, -0.05) is 29.8 Å². The Bertz CT molecular complexity index is 863. The van der Waals surface area contributed by atoms with E-state index in [4.69, 9.17) is 21.1 Å². The molecular formula is C22H27ClN2O4S. The van der Waals surface area contributed by atoms with Gasteiger partial charge in [0.1, 0.15) is 17.5 Å². The number of carbonyl (C=O) groups is 2.